The number of unbranched alkanes of at least 4 members (excludes halogenated alkanes) is 1. The molecule has 3 rings (SSSR count). The highest BCUT2D eigenvalue weighted by Crippen LogP contribution is 2.24. The van der Waals surface area contributed by atoms with Crippen LogP contribution in [0.1, 0.15) is 19.8 Å². The van der Waals surface area contributed by atoms with Gasteiger partial charge < -0.3 is 4.57 Å². The third kappa shape index (κ3) is 1.81. The molecular weight excluding hydrogens is 257 g/mol. The van der Waals surface area contributed by atoms with Crippen LogP contribution in [-0.2, 0) is 13.6 Å². The van der Waals surface area contributed by atoms with E-state index in [1.165, 1.54) is 12.1 Å². The van der Waals surface area contributed by atoms with E-state index < -0.39 is 0 Å². The van der Waals surface area contributed by atoms with Crippen LogP contribution in [0.15, 0.2) is 29.3 Å². The summed E-state index contributed by atoms with van der Waals surface area (Å²) in [6.45, 7) is 2.74. The van der Waals surface area contributed by atoms with Gasteiger partial charge in [0.15, 0.2) is 0 Å². The average Bonchev–Trinajstić information content (AvgIpc) is 2.71. The van der Waals surface area contributed by atoms with Gasteiger partial charge >= 0.3 is 0 Å². The van der Waals surface area contributed by atoms with Crippen molar-refractivity contribution in [2.45, 2.75) is 26.3 Å². The number of nitrogens with zero attached hydrogens (tertiary/aromatic N) is 3. The van der Waals surface area contributed by atoms with E-state index in [1.54, 1.807) is 21.5 Å². The molecule has 5 heteroatoms. The number of aryl methyl sites for hydroxylation is 2. The number of fused-ring (bicyclic) bond motifs is 3. The second kappa shape index (κ2) is 4.74. The molecule has 3 aromatic rings. The van der Waals surface area contributed by atoms with Crippen molar-refractivity contribution in [1.82, 2.24) is 14.1 Å². The molecule has 1 aromatic carbocycles. The second-order valence-corrected chi connectivity index (χ2v) is 5.01. The molecule has 0 fully saturated rings. The van der Waals surface area contributed by atoms with Crippen LogP contribution in [0.5, 0.6) is 0 Å². The molecule has 104 valence electrons. The third-order valence-corrected chi connectivity index (χ3v) is 3.68. The van der Waals surface area contributed by atoms with Crippen molar-refractivity contribution < 1.29 is 4.39 Å². The van der Waals surface area contributed by atoms with Crippen molar-refractivity contribution in [3.05, 3.63) is 40.7 Å². The molecule has 0 bridgehead atoms. The maximum Gasteiger partial charge on any atom is 0.277 e. The van der Waals surface area contributed by atoms with Crippen molar-refractivity contribution in [1.29, 1.82) is 0 Å². The Hall–Kier alpha value is -2.17. The number of benzene rings is 1. The maximum atomic E-state index is 13.4. The Morgan fingerprint density at radius 2 is 2.15 bits per heavy atom. The highest BCUT2D eigenvalue weighted by atomic mass is 19.1. The van der Waals surface area contributed by atoms with E-state index in [1.807, 2.05) is 7.05 Å². The summed E-state index contributed by atoms with van der Waals surface area (Å²) in [5, 5.41) is 0.683. The largest absolute Gasteiger partial charge is 0.338 e. The van der Waals surface area contributed by atoms with Crippen molar-refractivity contribution >= 4 is 21.9 Å². The zero-order valence-corrected chi connectivity index (χ0v) is 11.6. The molecule has 2 heterocycles. The zero-order chi connectivity index (χ0) is 14.3. The van der Waals surface area contributed by atoms with Crippen LogP contribution in [0.3, 0.4) is 0 Å². The molecule has 0 saturated carbocycles. The van der Waals surface area contributed by atoms with Crippen LogP contribution in [0, 0.1) is 5.82 Å². The lowest BCUT2D eigenvalue weighted by molar-refractivity contribution is 0.607. The van der Waals surface area contributed by atoms with Gasteiger partial charge in [0.25, 0.3) is 5.56 Å². The van der Waals surface area contributed by atoms with Crippen LogP contribution in [0.25, 0.3) is 21.9 Å². The summed E-state index contributed by atoms with van der Waals surface area (Å²) < 4.78 is 16.8. The molecule has 0 aliphatic heterocycles. The number of halogens is 1. The fourth-order valence-electron chi connectivity index (χ4n) is 2.58. The fourth-order valence-corrected chi connectivity index (χ4v) is 2.58. The first-order valence-corrected chi connectivity index (χ1v) is 6.76. The smallest absolute Gasteiger partial charge is 0.277 e. The minimum atomic E-state index is -0.318. The van der Waals surface area contributed by atoms with Gasteiger partial charge in [-0.05, 0) is 24.6 Å². The van der Waals surface area contributed by atoms with Gasteiger partial charge in [-0.15, -0.1) is 0 Å². The molecular formula is C15H16FN3O. The molecule has 0 radical (unpaired) electrons. The van der Waals surface area contributed by atoms with E-state index in [4.69, 9.17) is 0 Å². The molecule has 0 aliphatic rings. The van der Waals surface area contributed by atoms with Crippen LogP contribution >= 0.6 is 0 Å². The summed E-state index contributed by atoms with van der Waals surface area (Å²) in [6, 6.07) is 4.51. The maximum absolute atomic E-state index is 13.4. The molecule has 0 amide bonds. The number of aromatic nitrogens is 3. The van der Waals surface area contributed by atoms with Gasteiger partial charge in [-0.25, -0.2) is 9.37 Å². The molecule has 2 aromatic heterocycles. The van der Waals surface area contributed by atoms with Crippen molar-refractivity contribution in [2.24, 2.45) is 7.05 Å². The first kappa shape index (κ1) is 12.8. The predicted octanol–water partition coefficient (Wildman–Crippen LogP) is 2.83. The molecule has 0 aliphatic carbocycles. The van der Waals surface area contributed by atoms with E-state index in [-0.39, 0.29) is 11.4 Å². The molecule has 0 unspecified atom stereocenters. The zero-order valence-electron chi connectivity index (χ0n) is 11.6. The van der Waals surface area contributed by atoms with Crippen LogP contribution in [0.4, 0.5) is 4.39 Å². The van der Waals surface area contributed by atoms with Gasteiger partial charge in [0.05, 0.1) is 11.8 Å². The van der Waals surface area contributed by atoms with E-state index in [0.29, 0.717) is 23.0 Å². The van der Waals surface area contributed by atoms with Crippen molar-refractivity contribution in [3.8, 4) is 0 Å². The van der Waals surface area contributed by atoms with Gasteiger partial charge in [0, 0.05) is 19.0 Å². The van der Waals surface area contributed by atoms with Crippen molar-refractivity contribution in [2.75, 3.05) is 0 Å². The Labute approximate surface area is 115 Å². The minimum absolute atomic E-state index is 0.0671. The normalized spacial score (nSPS) is 11.6. The first-order valence-electron chi connectivity index (χ1n) is 6.76. The summed E-state index contributed by atoms with van der Waals surface area (Å²) in [6.07, 6.45) is 3.52. The van der Waals surface area contributed by atoms with Gasteiger partial charge in [-0.2, -0.15) is 0 Å². The molecule has 0 saturated heterocycles. The molecule has 4 nitrogen and oxygen atoms in total. The van der Waals surface area contributed by atoms with Gasteiger partial charge in [-0.3, -0.25) is 9.36 Å². The third-order valence-electron chi connectivity index (χ3n) is 3.68. The second-order valence-electron chi connectivity index (χ2n) is 5.01. The van der Waals surface area contributed by atoms with E-state index in [0.717, 1.165) is 18.4 Å². The lowest BCUT2D eigenvalue weighted by Gasteiger charge is -2.04. The Balaban J connectivity index is 2.35. The quantitative estimate of drug-likeness (QED) is 0.736. The summed E-state index contributed by atoms with van der Waals surface area (Å²) in [4.78, 5) is 16.9. The van der Waals surface area contributed by atoms with Crippen molar-refractivity contribution in [3.63, 3.8) is 0 Å². The Morgan fingerprint density at radius 3 is 2.90 bits per heavy atom. The fraction of sp³-hybridized carbons (Fsp3) is 0.333. The monoisotopic (exact) mass is 273 g/mol. The van der Waals surface area contributed by atoms with E-state index in [2.05, 4.69) is 11.9 Å². The lowest BCUT2D eigenvalue weighted by atomic mass is 10.2. The Morgan fingerprint density at radius 1 is 1.35 bits per heavy atom. The number of hydrogen-bond acceptors (Lipinski definition) is 2. The average molecular weight is 273 g/mol. The minimum Gasteiger partial charge on any atom is -0.338 e. The van der Waals surface area contributed by atoms with Gasteiger partial charge in [0.1, 0.15) is 16.9 Å². The lowest BCUT2D eigenvalue weighted by Crippen LogP contribution is -2.22. The highest BCUT2D eigenvalue weighted by molar-refractivity contribution is 6.05. The number of hydrogen-bond donors (Lipinski definition) is 0. The van der Waals surface area contributed by atoms with E-state index >= 15 is 0 Å². The molecule has 20 heavy (non-hydrogen) atoms. The Kier molecular flexibility index (Phi) is 3.04. The summed E-state index contributed by atoms with van der Waals surface area (Å²) >= 11 is 0. The highest BCUT2D eigenvalue weighted by Gasteiger charge is 2.14. The van der Waals surface area contributed by atoms with Crippen LogP contribution in [0.2, 0.25) is 0 Å². The first-order chi connectivity index (χ1) is 9.63. The van der Waals surface area contributed by atoms with Crippen LogP contribution < -0.4 is 5.56 Å². The topological polar surface area (TPSA) is 39.8 Å². The summed E-state index contributed by atoms with van der Waals surface area (Å²) in [5.74, 6) is -0.318. The predicted molar refractivity (Wildman–Crippen MR) is 77.3 cm³/mol. The molecule has 0 atom stereocenters. The summed E-state index contributed by atoms with van der Waals surface area (Å²) in [7, 11) is 1.82. The SMILES string of the molecule is CCCCn1cnc2c3cc(F)ccc3n(C)c2c1=O. The number of rotatable bonds is 3. The Bertz CT molecular complexity index is 848. The van der Waals surface area contributed by atoms with Gasteiger partial charge in [0.2, 0.25) is 0 Å². The van der Waals surface area contributed by atoms with Crippen LogP contribution in [-0.4, -0.2) is 14.1 Å². The van der Waals surface area contributed by atoms with E-state index in [9.17, 15) is 9.18 Å². The molecule has 0 N–H and O–H groups in total. The standard InChI is InChI=1S/C15H16FN3O/c1-3-4-7-19-9-17-13-11-8-10(16)5-6-12(11)18(2)14(13)15(19)20/h5-6,8-9H,3-4,7H2,1-2H3. The molecule has 0 spiro atoms. The summed E-state index contributed by atoms with van der Waals surface area (Å²) in [5.41, 5.74) is 1.85. The van der Waals surface area contributed by atoms with Gasteiger partial charge in [-0.1, -0.05) is 13.3 Å².